The molecule has 0 atom stereocenters. The highest BCUT2D eigenvalue weighted by atomic mass is 79.9. The van der Waals surface area contributed by atoms with Crippen molar-refractivity contribution in [3.05, 3.63) is 65.0 Å². The number of esters is 1. The van der Waals surface area contributed by atoms with E-state index in [1.54, 1.807) is 19.1 Å². The number of rotatable bonds is 3. The minimum absolute atomic E-state index is 0.0393. The number of benzene rings is 2. The summed E-state index contributed by atoms with van der Waals surface area (Å²) in [6.45, 7) is 1.57. The van der Waals surface area contributed by atoms with E-state index in [1.807, 2.05) is 0 Å². The summed E-state index contributed by atoms with van der Waals surface area (Å²) < 4.78 is 7.36. The molecule has 0 spiro atoms. The van der Waals surface area contributed by atoms with Crippen LogP contribution in [0.4, 0.5) is 5.69 Å². The van der Waals surface area contributed by atoms with E-state index >= 15 is 0 Å². The number of halogens is 3. The maximum atomic E-state index is 12.2. The molecule has 0 amide bonds. The minimum Gasteiger partial charge on any atom is -0.421 e. The fourth-order valence-corrected chi connectivity index (χ4v) is 4.19. The number of nitrogens with zero attached hydrogens (tertiary/aromatic N) is 1. The lowest BCUT2D eigenvalue weighted by atomic mass is 10.1. The first-order chi connectivity index (χ1) is 10.3. The van der Waals surface area contributed by atoms with Gasteiger partial charge in [0.05, 0.1) is 19.4 Å². The maximum absolute atomic E-state index is 12.2. The molecule has 114 valence electrons. The second-order valence-corrected chi connectivity index (χ2v) is 6.97. The van der Waals surface area contributed by atoms with Crippen LogP contribution < -0.4 is 4.74 Å². The standard InChI is InChI=1S/C14H8Br3NO4/c1-7-4-8(2-3-12(7)18(20)21)14(19)22-13-10(16)5-9(15)6-11(13)17/h2-6H,1H3. The van der Waals surface area contributed by atoms with E-state index in [-0.39, 0.29) is 11.3 Å². The highest BCUT2D eigenvalue weighted by Gasteiger charge is 2.17. The largest absolute Gasteiger partial charge is 0.421 e. The van der Waals surface area contributed by atoms with E-state index in [2.05, 4.69) is 47.8 Å². The van der Waals surface area contributed by atoms with Crippen molar-refractivity contribution in [2.75, 3.05) is 0 Å². The number of hydrogen-bond acceptors (Lipinski definition) is 4. The van der Waals surface area contributed by atoms with Crippen LogP contribution in [0.5, 0.6) is 5.75 Å². The molecule has 0 aromatic heterocycles. The minimum atomic E-state index is -0.596. The molecule has 0 radical (unpaired) electrons. The number of carbonyl (C=O) groups excluding carboxylic acids is 1. The number of hydrogen-bond donors (Lipinski definition) is 0. The lowest BCUT2D eigenvalue weighted by molar-refractivity contribution is -0.385. The van der Waals surface area contributed by atoms with Crippen LogP contribution in [0.15, 0.2) is 43.7 Å². The van der Waals surface area contributed by atoms with Gasteiger partial charge in [-0.05, 0) is 63.0 Å². The molecule has 0 aliphatic rings. The zero-order valence-corrected chi connectivity index (χ0v) is 15.9. The van der Waals surface area contributed by atoms with Crippen molar-refractivity contribution in [3.8, 4) is 5.75 Å². The van der Waals surface area contributed by atoms with Gasteiger partial charge in [0.2, 0.25) is 0 Å². The van der Waals surface area contributed by atoms with Gasteiger partial charge < -0.3 is 4.74 Å². The van der Waals surface area contributed by atoms with E-state index in [0.717, 1.165) is 4.47 Å². The maximum Gasteiger partial charge on any atom is 0.343 e. The molecule has 22 heavy (non-hydrogen) atoms. The molecule has 2 aromatic carbocycles. The third-order valence-electron chi connectivity index (χ3n) is 2.79. The summed E-state index contributed by atoms with van der Waals surface area (Å²) in [4.78, 5) is 22.5. The average Bonchev–Trinajstić information content (AvgIpc) is 2.41. The third-order valence-corrected chi connectivity index (χ3v) is 4.42. The van der Waals surface area contributed by atoms with Crippen molar-refractivity contribution in [1.29, 1.82) is 0 Å². The average molecular weight is 494 g/mol. The number of nitro groups is 1. The zero-order valence-electron chi connectivity index (χ0n) is 11.1. The van der Waals surface area contributed by atoms with Crippen LogP contribution in [-0.4, -0.2) is 10.9 Å². The second kappa shape index (κ2) is 6.89. The zero-order chi connectivity index (χ0) is 16.4. The van der Waals surface area contributed by atoms with Gasteiger partial charge in [-0.15, -0.1) is 0 Å². The molecule has 0 saturated carbocycles. The van der Waals surface area contributed by atoms with Crippen LogP contribution in [0.2, 0.25) is 0 Å². The summed E-state index contributed by atoms with van der Waals surface area (Å²) in [6.07, 6.45) is 0. The fourth-order valence-electron chi connectivity index (χ4n) is 1.77. The van der Waals surface area contributed by atoms with Gasteiger partial charge in [-0.3, -0.25) is 10.1 Å². The highest BCUT2D eigenvalue weighted by Crippen LogP contribution is 2.37. The molecule has 8 heteroatoms. The van der Waals surface area contributed by atoms with E-state index in [4.69, 9.17) is 4.74 Å². The summed E-state index contributed by atoms with van der Waals surface area (Å²) in [7, 11) is 0. The highest BCUT2D eigenvalue weighted by molar-refractivity contribution is 9.11. The molecule has 0 saturated heterocycles. The number of ether oxygens (including phenoxy) is 1. The van der Waals surface area contributed by atoms with Crippen LogP contribution in [0, 0.1) is 17.0 Å². The third kappa shape index (κ3) is 3.74. The van der Waals surface area contributed by atoms with E-state index < -0.39 is 10.9 Å². The van der Waals surface area contributed by atoms with Crippen molar-refractivity contribution in [1.82, 2.24) is 0 Å². The summed E-state index contributed by atoms with van der Waals surface area (Å²) in [5.41, 5.74) is 0.598. The van der Waals surface area contributed by atoms with Gasteiger partial charge >= 0.3 is 5.97 Å². The Morgan fingerprint density at radius 3 is 2.23 bits per heavy atom. The van der Waals surface area contributed by atoms with Crippen molar-refractivity contribution in [3.63, 3.8) is 0 Å². The Hall–Kier alpha value is -1.25. The molecular formula is C14H8Br3NO4. The van der Waals surface area contributed by atoms with Crippen LogP contribution in [0.3, 0.4) is 0 Å². The topological polar surface area (TPSA) is 69.4 Å². The Balaban J connectivity index is 2.30. The predicted octanol–water partition coefficient (Wildman–Crippen LogP) is 5.41. The number of aryl methyl sites for hydroxylation is 1. The Labute approximate surface area is 151 Å². The van der Waals surface area contributed by atoms with Crippen molar-refractivity contribution < 1.29 is 14.5 Å². The first kappa shape index (κ1) is 17.1. The Morgan fingerprint density at radius 2 is 1.73 bits per heavy atom. The van der Waals surface area contributed by atoms with Crippen LogP contribution in [0.1, 0.15) is 15.9 Å². The second-order valence-electron chi connectivity index (χ2n) is 4.35. The summed E-state index contributed by atoms with van der Waals surface area (Å²) in [6, 6.07) is 7.58. The van der Waals surface area contributed by atoms with Crippen LogP contribution in [0.25, 0.3) is 0 Å². The molecular weight excluding hydrogens is 486 g/mol. The van der Waals surface area contributed by atoms with Gasteiger partial charge in [0, 0.05) is 16.1 Å². The molecule has 5 nitrogen and oxygen atoms in total. The SMILES string of the molecule is Cc1cc(C(=O)Oc2c(Br)cc(Br)cc2Br)ccc1[N+](=O)[O-]. The molecule has 0 fully saturated rings. The van der Waals surface area contributed by atoms with Crippen LogP contribution in [-0.2, 0) is 0 Å². The van der Waals surface area contributed by atoms with Gasteiger partial charge in [0.25, 0.3) is 5.69 Å². The van der Waals surface area contributed by atoms with Gasteiger partial charge in [-0.25, -0.2) is 4.79 Å². The van der Waals surface area contributed by atoms with Gasteiger partial charge in [-0.2, -0.15) is 0 Å². The molecule has 0 heterocycles. The number of carbonyl (C=O) groups is 1. The molecule has 0 unspecified atom stereocenters. The lowest BCUT2D eigenvalue weighted by Crippen LogP contribution is -2.10. The molecule has 2 aromatic rings. The monoisotopic (exact) mass is 491 g/mol. The lowest BCUT2D eigenvalue weighted by Gasteiger charge is -2.09. The summed E-state index contributed by atoms with van der Waals surface area (Å²) in [5.74, 6) is -0.258. The van der Waals surface area contributed by atoms with Gasteiger partial charge in [-0.1, -0.05) is 15.9 Å². The predicted molar refractivity (Wildman–Crippen MR) is 92.3 cm³/mol. The van der Waals surface area contributed by atoms with Crippen LogP contribution >= 0.6 is 47.8 Å². The van der Waals surface area contributed by atoms with Crippen molar-refractivity contribution in [2.24, 2.45) is 0 Å². The summed E-state index contributed by atoms with van der Waals surface area (Å²) >= 11 is 9.96. The molecule has 0 N–H and O–H groups in total. The Kier molecular flexibility index (Phi) is 5.36. The van der Waals surface area contributed by atoms with E-state index in [9.17, 15) is 14.9 Å². The molecule has 0 aliphatic heterocycles. The van der Waals surface area contributed by atoms with Gasteiger partial charge in [0.15, 0.2) is 5.75 Å². The Bertz CT molecular complexity index is 754. The molecule has 0 bridgehead atoms. The van der Waals surface area contributed by atoms with Crippen molar-refractivity contribution in [2.45, 2.75) is 6.92 Å². The van der Waals surface area contributed by atoms with Gasteiger partial charge in [0.1, 0.15) is 0 Å². The smallest absolute Gasteiger partial charge is 0.343 e. The van der Waals surface area contributed by atoms with E-state index in [1.165, 1.54) is 18.2 Å². The molecule has 0 aliphatic carbocycles. The van der Waals surface area contributed by atoms with Crippen molar-refractivity contribution >= 4 is 59.4 Å². The quantitative estimate of drug-likeness (QED) is 0.248. The fraction of sp³-hybridized carbons (Fsp3) is 0.0714. The Morgan fingerprint density at radius 1 is 1.14 bits per heavy atom. The van der Waals surface area contributed by atoms with E-state index in [0.29, 0.717) is 20.3 Å². The normalized spacial score (nSPS) is 10.4. The first-order valence-corrected chi connectivity index (χ1v) is 8.29. The summed E-state index contributed by atoms with van der Waals surface area (Å²) in [5, 5.41) is 10.8. The number of nitro benzene ring substituents is 1. The first-order valence-electron chi connectivity index (χ1n) is 5.91. The molecule has 2 rings (SSSR count).